The zero-order valence-corrected chi connectivity index (χ0v) is 20.8. The van der Waals surface area contributed by atoms with Crippen LogP contribution in [0, 0.1) is 5.92 Å². The van der Waals surface area contributed by atoms with Crippen LogP contribution in [-0.4, -0.2) is 67.9 Å². The van der Waals surface area contributed by atoms with Crippen LogP contribution in [0.2, 0.25) is 5.02 Å². The average Bonchev–Trinajstić information content (AvgIpc) is 3.39. The van der Waals surface area contributed by atoms with E-state index in [-0.39, 0.29) is 11.8 Å². The lowest BCUT2D eigenvalue weighted by atomic mass is 9.98. The Morgan fingerprint density at radius 2 is 1.77 bits per heavy atom. The first-order valence-electron chi connectivity index (χ1n) is 12.7. The number of nitrogens with one attached hydrogen (secondary N) is 1. The van der Waals surface area contributed by atoms with E-state index in [1.807, 2.05) is 42.5 Å². The number of aliphatic hydroxyl groups excluding tert-OH is 1. The Hall–Kier alpha value is -2.48. The van der Waals surface area contributed by atoms with Gasteiger partial charge in [0.25, 0.3) is 0 Å². The number of hydrogen-bond acceptors (Lipinski definition) is 6. The average molecular weight is 500 g/mol. The van der Waals surface area contributed by atoms with Gasteiger partial charge in [0.15, 0.2) is 11.5 Å². The molecule has 7 nitrogen and oxygen atoms in total. The monoisotopic (exact) mass is 499 g/mol. The first-order valence-corrected chi connectivity index (χ1v) is 13.1. The molecule has 3 aliphatic heterocycles. The Labute approximate surface area is 212 Å². The number of halogens is 1. The number of rotatable bonds is 7. The van der Waals surface area contributed by atoms with Gasteiger partial charge in [0.2, 0.25) is 5.91 Å². The van der Waals surface area contributed by atoms with E-state index in [1.165, 1.54) is 6.42 Å². The third-order valence-electron chi connectivity index (χ3n) is 7.27. The third-order valence-corrected chi connectivity index (χ3v) is 7.52. The van der Waals surface area contributed by atoms with Gasteiger partial charge < -0.3 is 29.7 Å². The Kier molecular flexibility index (Phi) is 7.66. The normalized spacial score (nSPS) is 22.0. The van der Waals surface area contributed by atoms with E-state index in [4.69, 9.17) is 21.1 Å². The van der Waals surface area contributed by atoms with E-state index >= 15 is 0 Å². The maximum Gasteiger partial charge on any atom is 0.225 e. The minimum Gasteiger partial charge on any atom is -0.486 e. The van der Waals surface area contributed by atoms with Gasteiger partial charge in [0.1, 0.15) is 19.3 Å². The van der Waals surface area contributed by atoms with Gasteiger partial charge in [-0.1, -0.05) is 24.1 Å². The number of carbonyl (C=O) groups excluding carboxylic acids is 1. The molecule has 0 aliphatic carbocycles. The molecule has 0 saturated carbocycles. The number of aliphatic hydroxyl groups is 1. The minimum atomic E-state index is -0.842. The number of nitrogens with zero attached hydrogens (tertiary/aromatic N) is 2. The molecule has 1 amide bonds. The number of piperidine rings is 1. The lowest BCUT2D eigenvalue weighted by Crippen LogP contribution is -2.50. The second-order valence-corrected chi connectivity index (χ2v) is 10.2. The zero-order valence-electron chi connectivity index (χ0n) is 20.0. The number of anilines is 1. The lowest BCUT2D eigenvalue weighted by Gasteiger charge is -2.34. The molecule has 0 spiro atoms. The van der Waals surface area contributed by atoms with E-state index in [1.54, 1.807) is 0 Å². The molecule has 3 heterocycles. The van der Waals surface area contributed by atoms with Crippen molar-refractivity contribution in [3.63, 3.8) is 0 Å². The number of fused-ring (bicyclic) bond motifs is 1. The van der Waals surface area contributed by atoms with Gasteiger partial charge in [-0.15, -0.1) is 0 Å². The van der Waals surface area contributed by atoms with E-state index in [9.17, 15) is 9.90 Å². The van der Waals surface area contributed by atoms with Crippen LogP contribution in [-0.2, 0) is 4.79 Å². The molecule has 3 aliphatic rings. The fourth-order valence-corrected chi connectivity index (χ4v) is 5.41. The summed E-state index contributed by atoms with van der Waals surface area (Å²) < 4.78 is 11.3. The molecular weight excluding hydrogens is 466 g/mol. The fraction of sp³-hybridized carbons (Fsp3) is 0.519. The molecule has 0 radical (unpaired) electrons. The fourth-order valence-electron chi connectivity index (χ4n) is 5.28. The molecule has 35 heavy (non-hydrogen) atoms. The summed E-state index contributed by atoms with van der Waals surface area (Å²) in [5, 5.41) is 15.3. The van der Waals surface area contributed by atoms with Crippen molar-refractivity contribution in [1.29, 1.82) is 0 Å². The van der Waals surface area contributed by atoms with Crippen molar-refractivity contribution in [2.75, 3.05) is 50.8 Å². The van der Waals surface area contributed by atoms with Crippen LogP contribution in [0.5, 0.6) is 11.5 Å². The molecule has 0 bridgehead atoms. The highest BCUT2D eigenvalue weighted by atomic mass is 35.5. The van der Waals surface area contributed by atoms with Crippen molar-refractivity contribution in [2.24, 2.45) is 5.92 Å². The Morgan fingerprint density at radius 3 is 2.54 bits per heavy atom. The first-order chi connectivity index (χ1) is 17.1. The molecule has 8 heteroatoms. The minimum absolute atomic E-state index is 0.0000614. The maximum atomic E-state index is 13.4. The second-order valence-electron chi connectivity index (χ2n) is 9.73. The van der Waals surface area contributed by atoms with Crippen LogP contribution < -0.4 is 19.7 Å². The van der Waals surface area contributed by atoms with Gasteiger partial charge in [-0.25, -0.2) is 0 Å². The van der Waals surface area contributed by atoms with E-state index < -0.39 is 12.1 Å². The van der Waals surface area contributed by atoms with Gasteiger partial charge in [-0.05, 0) is 74.3 Å². The highest BCUT2D eigenvalue weighted by Crippen LogP contribution is 2.34. The van der Waals surface area contributed by atoms with Crippen molar-refractivity contribution >= 4 is 23.2 Å². The molecule has 2 saturated heterocycles. The highest BCUT2D eigenvalue weighted by Gasteiger charge is 2.33. The predicted molar refractivity (Wildman–Crippen MR) is 136 cm³/mol. The molecule has 3 atom stereocenters. The van der Waals surface area contributed by atoms with Gasteiger partial charge in [0, 0.05) is 30.3 Å². The highest BCUT2D eigenvalue weighted by molar-refractivity contribution is 6.30. The lowest BCUT2D eigenvalue weighted by molar-refractivity contribution is -0.126. The Morgan fingerprint density at radius 1 is 1.03 bits per heavy atom. The number of carbonyl (C=O) groups is 1. The molecule has 2 N–H and O–H groups in total. The van der Waals surface area contributed by atoms with Crippen LogP contribution >= 0.6 is 11.6 Å². The number of hydrogen-bond donors (Lipinski definition) is 2. The first kappa shape index (κ1) is 24.2. The van der Waals surface area contributed by atoms with Crippen molar-refractivity contribution in [2.45, 2.75) is 37.8 Å². The summed E-state index contributed by atoms with van der Waals surface area (Å²) in [4.78, 5) is 17.9. The van der Waals surface area contributed by atoms with Crippen molar-refractivity contribution in [1.82, 2.24) is 10.2 Å². The van der Waals surface area contributed by atoms with Crippen molar-refractivity contribution < 1.29 is 19.4 Å². The smallest absolute Gasteiger partial charge is 0.225 e. The van der Waals surface area contributed by atoms with Crippen LogP contribution in [0.25, 0.3) is 0 Å². The molecule has 5 rings (SSSR count). The quantitative estimate of drug-likeness (QED) is 0.606. The van der Waals surface area contributed by atoms with E-state index in [0.717, 1.165) is 50.1 Å². The summed E-state index contributed by atoms with van der Waals surface area (Å²) in [5.74, 6) is 1.21. The molecule has 2 aromatic rings. The van der Waals surface area contributed by atoms with Gasteiger partial charge in [-0.2, -0.15) is 0 Å². The van der Waals surface area contributed by atoms with Crippen LogP contribution in [0.15, 0.2) is 42.5 Å². The number of amides is 1. The van der Waals surface area contributed by atoms with Crippen molar-refractivity contribution in [3.8, 4) is 11.5 Å². The number of likely N-dealkylation sites (tertiary alicyclic amines) is 1. The van der Waals surface area contributed by atoms with E-state index in [0.29, 0.717) is 42.8 Å². The van der Waals surface area contributed by atoms with Crippen molar-refractivity contribution in [3.05, 3.63) is 53.1 Å². The summed E-state index contributed by atoms with van der Waals surface area (Å²) in [7, 11) is 0. The molecular formula is C27H34ClN3O4. The molecule has 2 fully saturated rings. The Bertz CT molecular complexity index is 1010. The summed E-state index contributed by atoms with van der Waals surface area (Å²) in [5.41, 5.74) is 1.80. The largest absolute Gasteiger partial charge is 0.486 e. The molecule has 188 valence electrons. The molecule has 3 unspecified atom stereocenters. The van der Waals surface area contributed by atoms with Crippen LogP contribution in [0.4, 0.5) is 5.69 Å². The second kappa shape index (κ2) is 11.1. The third kappa shape index (κ3) is 5.85. The van der Waals surface area contributed by atoms with Gasteiger partial charge >= 0.3 is 0 Å². The summed E-state index contributed by atoms with van der Waals surface area (Å²) >= 11 is 6.03. The number of benzene rings is 2. The SMILES string of the molecule is O=C(NC(CN1CCCCC1)C(O)c1ccc2c(c1)OCCO2)C1CCN(c2ccc(Cl)cc2)C1. The molecule has 0 aromatic heterocycles. The molecule has 2 aromatic carbocycles. The van der Waals surface area contributed by atoms with Gasteiger partial charge in [-0.3, -0.25) is 4.79 Å². The maximum absolute atomic E-state index is 13.4. The van der Waals surface area contributed by atoms with Crippen LogP contribution in [0.1, 0.15) is 37.4 Å². The van der Waals surface area contributed by atoms with E-state index in [2.05, 4.69) is 15.1 Å². The summed E-state index contributed by atoms with van der Waals surface area (Å²) in [6.07, 6.45) is 3.48. The topological polar surface area (TPSA) is 74.3 Å². The summed E-state index contributed by atoms with van der Waals surface area (Å²) in [6, 6.07) is 12.9. The van der Waals surface area contributed by atoms with Gasteiger partial charge in [0.05, 0.1) is 12.0 Å². The summed E-state index contributed by atoms with van der Waals surface area (Å²) in [6.45, 7) is 5.10. The number of ether oxygens (including phenoxy) is 2. The predicted octanol–water partition coefficient (Wildman–Crippen LogP) is 3.64. The Balaban J connectivity index is 1.28. The standard InChI is InChI=1S/C27H34ClN3O4/c28-21-5-7-22(8-6-21)31-13-10-20(17-31)27(33)29-23(18-30-11-2-1-3-12-30)26(32)19-4-9-24-25(16-19)35-15-14-34-24/h4-9,16,20,23,26,32H,1-3,10-15,17-18H2,(H,29,33). The van der Waals surface area contributed by atoms with Crippen LogP contribution in [0.3, 0.4) is 0 Å². The zero-order chi connectivity index (χ0) is 24.2.